The Morgan fingerprint density at radius 3 is 2.06 bits per heavy atom. The maximum absolute atomic E-state index is 13.2. The molecule has 182 valence electrons. The SMILES string of the molecule is CC(C)(C)OC(=O)NC(C(=O)O)C1CC2CCCC(C1)N2C(=O)c1ccc(C(F)(F)F)cc1. The summed E-state index contributed by atoms with van der Waals surface area (Å²) in [5.74, 6) is -1.93. The Balaban J connectivity index is 1.75. The van der Waals surface area contributed by atoms with E-state index in [1.54, 1.807) is 25.7 Å². The second kappa shape index (κ2) is 9.23. The molecule has 1 aromatic rings. The molecule has 2 N–H and O–H groups in total. The van der Waals surface area contributed by atoms with Crippen molar-refractivity contribution in [3.63, 3.8) is 0 Å². The van der Waals surface area contributed by atoms with Crippen LogP contribution in [-0.4, -0.2) is 51.7 Å². The molecule has 3 rings (SSSR count). The number of ether oxygens (including phenoxy) is 1. The summed E-state index contributed by atoms with van der Waals surface area (Å²) in [5.41, 5.74) is -1.43. The molecule has 2 saturated heterocycles. The third kappa shape index (κ3) is 5.97. The predicted octanol–water partition coefficient (Wildman–Crippen LogP) is 4.46. The largest absolute Gasteiger partial charge is 0.480 e. The highest BCUT2D eigenvalue weighted by atomic mass is 19.4. The minimum Gasteiger partial charge on any atom is -0.480 e. The summed E-state index contributed by atoms with van der Waals surface area (Å²) in [4.78, 5) is 39.0. The fourth-order valence-electron chi connectivity index (χ4n) is 4.79. The molecule has 7 nitrogen and oxygen atoms in total. The van der Waals surface area contributed by atoms with Gasteiger partial charge in [0.2, 0.25) is 0 Å². The fourth-order valence-corrected chi connectivity index (χ4v) is 4.79. The topological polar surface area (TPSA) is 95.9 Å². The van der Waals surface area contributed by atoms with Crippen LogP contribution in [0.3, 0.4) is 0 Å². The van der Waals surface area contributed by atoms with E-state index in [0.717, 1.165) is 18.6 Å². The lowest BCUT2D eigenvalue weighted by Crippen LogP contribution is -2.59. The number of carbonyl (C=O) groups excluding carboxylic acids is 2. The smallest absolute Gasteiger partial charge is 0.416 e. The Labute approximate surface area is 190 Å². The molecule has 0 saturated carbocycles. The fraction of sp³-hybridized carbons (Fsp3) is 0.609. The van der Waals surface area contributed by atoms with Crippen molar-refractivity contribution >= 4 is 18.0 Å². The molecule has 0 aliphatic carbocycles. The van der Waals surface area contributed by atoms with Crippen LogP contribution >= 0.6 is 0 Å². The minimum absolute atomic E-state index is 0.167. The first kappa shape index (κ1) is 24.9. The van der Waals surface area contributed by atoms with E-state index in [4.69, 9.17) is 4.74 Å². The van der Waals surface area contributed by atoms with Crippen LogP contribution in [0.25, 0.3) is 0 Å². The van der Waals surface area contributed by atoms with Gasteiger partial charge < -0.3 is 20.1 Å². The average molecular weight is 470 g/mol. The number of hydrogen-bond donors (Lipinski definition) is 2. The van der Waals surface area contributed by atoms with Gasteiger partial charge in [0.25, 0.3) is 5.91 Å². The summed E-state index contributed by atoms with van der Waals surface area (Å²) < 4.78 is 43.7. The van der Waals surface area contributed by atoms with E-state index in [1.165, 1.54) is 12.1 Å². The number of nitrogens with zero attached hydrogens (tertiary/aromatic N) is 1. The van der Waals surface area contributed by atoms with Crippen molar-refractivity contribution in [1.82, 2.24) is 10.2 Å². The number of alkyl carbamates (subject to hydrolysis) is 1. The Bertz CT molecular complexity index is 881. The zero-order valence-corrected chi connectivity index (χ0v) is 18.8. The van der Waals surface area contributed by atoms with E-state index in [0.29, 0.717) is 25.7 Å². The maximum Gasteiger partial charge on any atom is 0.416 e. The number of carboxylic acid groups (broad SMARTS) is 1. The number of aliphatic carboxylic acids is 1. The molecule has 0 aromatic heterocycles. The van der Waals surface area contributed by atoms with Gasteiger partial charge in [-0.2, -0.15) is 13.2 Å². The lowest BCUT2D eigenvalue weighted by Gasteiger charge is -2.50. The first-order valence-electron chi connectivity index (χ1n) is 11.0. The molecule has 1 aromatic carbocycles. The number of amides is 2. The van der Waals surface area contributed by atoms with E-state index in [-0.39, 0.29) is 23.6 Å². The first-order chi connectivity index (χ1) is 15.3. The van der Waals surface area contributed by atoms with Crippen molar-refractivity contribution in [3.05, 3.63) is 35.4 Å². The number of carbonyl (C=O) groups is 3. The summed E-state index contributed by atoms with van der Waals surface area (Å²) in [6, 6.07) is 2.47. The monoisotopic (exact) mass is 470 g/mol. The van der Waals surface area contributed by atoms with Crippen molar-refractivity contribution in [3.8, 4) is 0 Å². The number of fused-ring (bicyclic) bond motifs is 2. The molecular weight excluding hydrogens is 441 g/mol. The summed E-state index contributed by atoms with van der Waals surface area (Å²) in [5, 5.41) is 12.2. The number of rotatable bonds is 4. The molecule has 0 spiro atoms. The van der Waals surface area contributed by atoms with E-state index in [9.17, 15) is 32.7 Å². The molecule has 2 aliphatic rings. The molecular formula is C23H29F3N2O5. The van der Waals surface area contributed by atoms with Gasteiger partial charge in [-0.25, -0.2) is 9.59 Å². The van der Waals surface area contributed by atoms with Crippen LogP contribution in [-0.2, 0) is 15.7 Å². The van der Waals surface area contributed by atoms with Crippen LogP contribution < -0.4 is 5.32 Å². The number of halogens is 3. The molecule has 3 atom stereocenters. The summed E-state index contributed by atoms with van der Waals surface area (Å²) >= 11 is 0. The molecule has 2 amide bonds. The third-order valence-corrected chi connectivity index (χ3v) is 6.11. The number of nitrogens with one attached hydrogen (secondary N) is 1. The number of alkyl halides is 3. The molecule has 2 fully saturated rings. The lowest BCUT2D eigenvalue weighted by atomic mass is 9.75. The van der Waals surface area contributed by atoms with Gasteiger partial charge in [0, 0.05) is 17.6 Å². The predicted molar refractivity (Wildman–Crippen MR) is 113 cm³/mol. The average Bonchev–Trinajstić information content (AvgIpc) is 2.68. The Morgan fingerprint density at radius 1 is 1.06 bits per heavy atom. The molecule has 2 bridgehead atoms. The summed E-state index contributed by atoms with van der Waals surface area (Å²) in [6.45, 7) is 5.04. The lowest BCUT2D eigenvalue weighted by molar-refractivity contribution is -0.142. The molecule has 0 radical (unpaired) electrons. The number of carboxylic acids is 1. The molecule has 2 heterocycles. The Morgan fingerprint density at radius 2 is 1.61 bits per heavy atom. The molecule has 3 unspecified atom stereocenters. The zero-order valence-electron chi connectivity index (χ0n) is 18.8. The molecule has 10 heteroatoms. The molecule has 33 heavy (non-hydrogen) atoms. The van der Waals surface area contributed by atoms with E-state index >= 15 is 0 Å². The number of piperidine rings is 2. The van der Waals surface area contributed by atoms with Crippen molar-refractivity contribution in [1.29, 1.82) is 0 Å². The van der Waals surface area contributed by atoms with Gasteiger partial charge in [0.1, 0.15) is 11.6 Å². The van der Waals surface area contributed by atoms with Gasteiger partial charge in [0.15, 0.2) is 0 Å². The van der Waals surface area contributed by atoms with Crippen LogP contribution in [0.4, 0.5) is 18.0 Å². The van der Waals surface area contributed by atoms with Gasteiger partial charge in [-0.1, -0.05) is 0 Å². The molecule has 2 aliphatic heterocycles. The van der Waals surface area contributed by atoms with E-state index in [2.05, 4.69) is 5.32 Å². The third-order valence-electron chi connectivity index (χ3n) is 6.11. The Kier molecular flexibility index (Phi) is 6.95. The summed E-state index contributed by atoms with van der Waals surface area (Å²) in [6.07, 6.45) is -2.36. The number of hydrogen-bond acceptors (Lipinski definition) is 4. The van der Waals surface area contributed by atoms with Gasteiger partial charge in [0.05, 0.1) is 5.56 Å². The minimum atomic E-state index is -4.48. The second-order valence-electron chi connectivity index (χ2n) is 9.72. The van der Waals surface area contributed by atoms with Gasteiger partial charge in [-0.05, 0) is 83.1 Å². The van der Waals surface area contributed by atoms with Crippen LogP contribution in [0.1, 0.15) is 68.8 Å². The van der Waals surface area contributed by atoms with Gasteiger partial charge in [-0.3, -0.25) is 4.79 Å². The van der Waals surface area contributed by atoms with Crippen LogP contribution in [0.5, 0.6) is 0 Å². The Hall–Kier alpha value is -2.78. The zero-order chi connectivity index (χ0) is 24.6. The normalized spacial score (nSPS) is 24.1. The second-order valence-corrected chi connectivity index (χ2v) is 9.72. The summed E-state index contributed by atoms with van der Waals surface area (Å²) in [7, 11) is 0. The van der Waals surface area contributed by atoms with E-state index < -0.39 is 41.4 Å². The van der Waals surface area contributed by atoms with Crippen LogP contribution in [0.15, 0.2) is 24.3 Å². The van der Waals surface area contributed by atoms with Crippen LogP contribution in [0, 0.1) is 5.92 Å². The van der Waals surface area contributed by atoms with Gasteiger partial charge in [-0.15, -0.1) is 0 Å². The van der Waals surface area contributed by atoms with Crippen molar-refractivity contribution in [2.24, 2.45) is 5.92 Å². The van der Waals surface area contributed by atoms with Crippen molar-refractivity contribution in [2.75, 3.05) is 0 Å². The van der Waals surface area contributed by atoms with Crippen molar-refractivity contribution < 1.29 is 37.4 Å². The maximum atomic E-state index is 13.2. The number of benzene rings is 1. The highest BCUT2D eigenvalue weighted by Crippen LogP contribution is 2.39. The van der Waals surface area contributed by atoms with Crippen molar-refractivity contribution in [2.45, 2.75) is 82.8 Å². The highest BCUT2D eigenvalue weighted by molar-refractivity contribution is 5.95. The van der Waals surface area contributed by atoms with E-state index in [1.807, 2.05) is 0 Å². The quantitative estimate of drug-likeness (QED) is 0.678. The standard InChI is InChI=1S/C23H29F3N2O5/c1-22(2,3)33-21(32)27-18(20(30)31)14-11-16-5-4-6-17(12-14)28(16)19(29)13-7-9-15(10-8-13)23(24,25)26/h7-10,14,16-18H,4-6,11-12H2,1-3H3,(H,27,32)(H,30,31). The highest BCUT2D eigenvalue weighted by Gasteiger charge is 2.45. The first-order valence-corrected chi connectivity index (χ1v) is 11.0. The van der Waals surface area contributed by atoms with Crippen LogP contribution in [0.2, 0.25) is 0 Å². The van der Waals surface area contributed by atoms with Gasteiger partial charge >= 0.3 is 18.2 Å².